The average molecular weight is 269 g/mol. The van der Waals surface area contributed by atoms with Crippen molar-refractivity contribution >= 4 is 10.0 Å². The van der Waals surface area contributed by atoms with E-state index in [2.05, 4.69) is 15.0 Å². The fourth-order valence-corrected chi connectivity index (χ4v) is 2.98. The highest BCUT2D eigenvalue weighted by Crippen LogP contribution is 2.28. The van der Waals surface area contributed by atoms with Crippen LogP contribution < -0.4 is 10.0 Å². The van der Waals surface area contributed by atoms with Crippen LogP contribution in [0.1, 0.15) is 31.4 Å². The topological polar surface area (TPSA) is 74.0 Å². The summed E-state index contributed by atoms with van der Waals surface area (Å²) in [6.07, 6.45) is 6.32. The van der Waals surface area contributed by atoms with Crippen molar-refractivity contribution in [1.29, 1.82) is 0 Å². The van der Waals surface area contributed by atoms with Crippen LogP contribution in [0.25, 0.3) is 0 Å². The van der Waals surface area contributed by atoms with Crippen molar-refractivity contribution in [3.05, 3.63) is 18.0 Å². The third kappa shape index (κ3) is 3.13. The summed E-state index contributed by atoms with van der Waals surface area (Å²) in [4.78, 5) is 3.36. The van der Waals surface area contributed by atoms with Crippen LogP contribution in [-0.2, 0) is 16.6 Å². The molecule has 0 radical (unpaired) electrons. The number of aromatic amines is 1. The molecule has 100 valence electrons. The molecule has 2 fully saturated rings. The summed E-state index contributed by atoms with van der Waals surface area (Å²) in [6.45, 7) is 1.28. The van der Waals surface area contributed by atoms with Gasteiger partial charge in [0.05, 0.1) is 4.90 Å². The second kappa shape index (κ2) is 4.68. The zero-order valence-corrected chi connectivity index (χ0v) is 11.1. The minimum Gasteiger partial charge on any atom is -0.363 e. The Balaban J connectivity index is 1.58. The summed E-state index contributed by atoms with van der Waals surface area (Å²) in [7, 11) is -3.33. The number of nitrogens with one attached hydrogen (secondary N) is 3. The lowest BCUT2D eigenvalue weighted by Gasteiger charge is -2.03. The van der Waals surface area contributed by atoms with Gasteiger partial charge < -0.3 is 10.3 Å². The van der Waals surface area contributed by atoms with Crippen molar-refractivity contribution in [2.24, 2.45) is 5.92 Å². The van der Waals surface area contributed by atoms with E-state index in [9.17, 15) is 8.42 Å². The van der Waals surface area contributed by atoms with Gasteiger partial charge in [-0.2, -0.15) is 0 Å². The van der Waals surface area contributed by atoms with Gasteiger partial charge >= 0.3 is 0 Å². The monoisotopic (exact) mass is 269 g/mol. The largest absolute Gasteiger partial charge is 0.363 e. The van der Waals surface area contributed by atoms with Crippen LogP contribution in [0, 0.1) is 5.92 Å². The molecular formula is C12H19N3O2S. The van der Waals surface area contributed by atoms with E-state index in [1.807, 2.05) is 0 Å². The Kier molecular flexibility index (Phi) is 3.17. The number of hydrogen-bond acceptors (Lipinski definition) is 3. The molecule has 1 aromatic heterocycles. The molecule has 0 atom stereocenters. The molecule has 1 aromatic rings. The molecule has 0 bridgehead atoms. The molecule has 0 unspecified atom stereocenters. The molecule has 2 aliphatic carbocycles. The van der Waals surface area contributed by atoms with Gasteiger partial charge in [0.15, 0.2) is 0 Å². The first-order chi connectivity index (χ1) is 8.63. The molecule has 0 saturated heterocycles. The average Bonchev–Trinajstić information content (AvgIpc) is 3.25. The molecular weight excluding hydrogens is 250 g/mol. The van der Waals surface area contributed by atoms with Crippen molar-refractivity contribution < 1.29 is 8.42 Å². The number of hydrogen-bond donors (Lipinski definition) is 3. The third-order valence-corrected chi connectivity index (χ3v) is 4.85. The Bertz CT molecular complexity index is 515. The Morgan fingerprint density at radius 1 is 1.28 bits per heavy atom. The number of aromatic nitrogens is 1. The van der Waals surface area contributed by atoms with E-state index < -0.39 is 10.0 Å². The fourth-order valence-electron chi connectivity index (χ4n) is 1.85. The van der Waals surface area contributed by atoms with Crippen LogP contribution in [0.5, 0.6) is 0 Å². The van der Waals surface area contributed by atoms with Crippen molar-refractivity contribution in [2.75, 3.05) is 6.54 Å². The van der Waals surface area contributed by atoms with E-state index in [0.717, 1.165) is 18.5 Å². The minimum atomic E-state index is -3.33. The van der Waals surface area contributed by atoms with Crippen LogP contribution in [-0.4, -0.2) is 26.0 Å². The van der Waals surface area contributed by atoms with Crippen LogP contribution in [0.4, 0.5) is 0 Å². The van der Waals surface area contributed by atoms with Crippen LogP contribution in [0.3, 0.4) is 0 Å². The smallest absolute Gasteiger partial charge is 0.242 e. The summed E-state index contributed by atoms with van der Waals surface area (Å²) in [6, 6.07) is 2.34. The molecule has 18 heavy (non-hydrogen) atoms. The molecule has 3 rings (SSSR count). The van der Waals surface area contributed by atoms with Crippen molar-refractivity contribution in [3.8, 4) is 0 Å². The number of sulfonamides is 1. The Hall–Kier alpha value is -0.850. The van der Waals surface area contributed by atoms with Crippen LogP contribution >= 0.6 is 0 Å². The number of rotatable bonds is 7. The fraction of sp³-hybridized carbons (Fsp3) is 0.667. The molecule has 1 heterocycles. The molecule has 6 heteroatoms. The summed E-state index contributed by atoms with van der Waals surface area (Å²) in [5, 5.41) is 3.35. The molecule has 0 spiro atoms. The Morgan fingerprint density at radius 3 is 2.72 bits per heavy atom. The Morgan fingerprint density at radius 2 is 2.06 bits per heavy atom. The van der Waals surface area contributed by atoms with E-state index in [4.69, 9.17) is 0 Å². The van der Waals surface area contributed by atoms with Gasteiger partial charge in [0, 0.05) is 31.0 Å². The van der Waals surface area contributed by atoms with Gasteiger partial charge in [0.25, 0.3) is 0 Å². The second-order valence-corrected chi connectivity index (χ2v) is 7.08. The maximum atomic E-state index is 12.0. The molecule has 2 aliphatic rings. The molecule has 3 N–H and O–H groups in total. The normalized spacial score (nSPS) is 20.2. The predicted molar refractivity (Wildman–Crippen MR) is 68.6 cm³/mol. The highest BCUT2D eigenvalue weighted by molar-refractivity contribution is 7.89. The maximum absolute atomic E-state index is 12.0. The van der Waals surface area contributed by atoms with E-state index >= 15 is 0 Å². The number of H-pyrrole nitrogens is 1. The van der Waals surface area contributed by atoms with Crippen LogP contribution in [0.15, 0.2) is 17.2 Å². The lowest BCUT2D eigenvalue weighted by atomic mass is 10.4. The summed E-state index contributed by atoms with van der Waals surface area (Å²) in [5.41, 5.74) is 0.925. The lowest BCUT2D eigenvalue weighted by Crippen LogP contribution is -2.25. The highest BCUT2D eigenvalue weighted by atomic mass is 32.2. The lowest BCUT2D eigenvalue weighted by molar-refractivity contribution is 0.577. The predicted octanol–water partition coefficient (Wildman–Crippen LogP) is 0.955. The molecule has 5 nitrogen and oxygen atoms in total. The maximum Gasteiger partial charge on any atom is 0.242 e. The second-order valence-electron chi connectivity index (χ2n) is 5.31. The molecule has 0 amide bonds. The van der Waals surface area contributed by atoms with Crippen molar-refractivity contribution in [3.63, 3.8) is 0 Å². The Labute approximate surface area is 107 Å². The minimum absolute atomic E-state index is 0.343. The van der Waals surface area contributed by atoms with Gasteiger partial charge in [-0.25, -0.2) is 13.1 Å². The van der Waals surface area contributed by atoms with Gasteiger partial charge in [-0.05, 0) is 37.7 Å². The van der Waals surface area contributed by atoms with Gasteiger partial charge in [-0.3, -0.25) is 0 Å². The summed E-state index contributed by atoms with van der Waals surface area (Å²) >= 11 is 0. The molecule has 0 aliphatic heterocycles. The first-order valence-corrected chi connectivity index (χ1v) is 8.02. The first-order valence-electron chi connectivity index (χ1n) is 6.54. The summed E-state index contributed by atoms with van der Waals surface area (Å²) in [5.74, 6) is 0.551. The zero-order chi connectivity index (χ0) is 12.6. The first kappa shape index (κ1) is 12.2. The van der Waals surface area contributed by atoms with Crippen molar-refractivity contribution in [1.82, 2.24) is 15.0 Å². The van der Waals surface area contributed by atoms with E-state index in [1.54, 1.807) is 12.3 Å². The standard InChI is InChI=1S/C12H19N3O2S/c16-18(17,15-6-9-1-2-9)12-5-11(14-8-12)7-13-10-3-4-10/h5,8-10,13-15H,1-4,6-7H2. The van der Waals surface area contributed by atoms with Gasteiger partial charge in [0.2, 0.25) is 10.0 Å². The molecule has 0 aromatic carbocycles. The van der Waals surface area contributed by atoms with Gasteiger partial charge in [0.1, 0.15) is 0 Å². The SMILES string of the molecule is O=S(=O)(NCC1CC1)c1c[nH]c(CNC2CC2)c1. The molecule has 2 saturated carbocycles. The van der Waals surface area contributed by atoms with Crippen LogP contribution in [0.2, 0.25) is 0 Å². The van der Waals surface area contributed by atoms with E-state index in [0.29, 0.717) is 29.9 Å². The van der Waals surface area contributed by atoms with E-state index in [1.165, 1.54) is 12.8 Å². The highest BCUT2D eigenvalue weighted by Gasteiger charge is 2.25. The quantitative estimate of drug-likeness (QED) is 0.690. The van der Waals surface area contributed by atoms with Gasteiger partial charge in [-0.1, -0.05) is 0 Å². The third-order valence-electron chi connectivity index (χ3n) is 3.44. The van der Waals surface area contributed by atoms with E-state index in [-0.39, 0.29) is 0 Å². The van der Waals surface area contributed by atoms with Crippen molar-refractivity contribution in [2.45, 2.75) is 43.2 Å². The zero-order valence-electron chi connectivity index (χ0n) is 10.3. The van der Waals surface area contributed by atoms with Gasteiger partial charge in [-0.15, -0.1) is 0 Å². The summed E-state index contributed by atoms with van der Waals surface area (Å²) < 4.78 is 26.6.